The number of amides is 1. The van der Waals surface area contributed by atoms with Gasteiger partial charge < -0.3 is 14.8 Å². The van der Waals surface area contributed by atoms with Gasteiger partial charge in [0.1, 0.15) is 0 Å². The molecule has 0 radical (unpaired) electrons. The lowest BCUT2D eigenvalue weighted by Crippen LogP contribution is -2.29. The number of fused-ring (bicyclic) bond motifs is 1. The van der Waals surface area contributed by atoms with E-state index in [4.69, 9.17) is 4.98 Å². The topological polar surface area (TPSA) is 50.2 Å². The Balaban J connectivity index is 1.38. The molecule has 1 saturated heterocycles. The summed E-state index contributed by atoms with van der Waals surface area (Å²) in [7, 11) is 0. The lowest BCUT2D eigenvalue weighted by Gasteiger charge is -2.28. The largest absolute Gasteiger partial charge is 0.372 e. The molecule has 0 saturated carbocycles. The molecule has 0 spiro atoms. The van der Waals surface area contributed by atoms with Gasteiger partial charge in [-0.2, -0.15) is 0 Å². The molecule has 1 aromatic heterocycles. The summed E-state index contributed by atoms with van der Waals surface area (Å²) in [5, 5.41) is 3.90. The van der Waals surface area contributed by atoms with E-state index in [9.17, 15) is 4.79 Å². The highest BCUT2D eigenvalue weighted by Gasteiger charge is 2.15. The Hall–Kier alpha value is -2.47. The van der Waals surface area contributed by atoms with E-state index in [0.29, 0.717) is 5.75 Å². The number of carbonyl (C=O) groups excluding carboxylic acids is 1. The Kier molecular flexibility index (Phi) is 6.09. The summed E-state index contributed by atoms with van der Waals surface area (Å²) in [5.41, 5.74) is 4.16. The smallest absolute Gasteiger partial charge is 0.234 e. The van der Waals surface area contributed by atoms with Crippen LogP contribution in [0.3, 0.4) is 0 Å². The highest BCUT2D eigenvalue weighted by molar-refractivity contribution is 7.99. The van der Waals surface area contributed by atoms with Crippen LogP contribution in [0.2, 0.25) is 0 Å². The summed E-state index contributed by atoms with van der Waals surface area (Å²) < 4.78 is 2.20. The van der Waals surface area contributed by atoms with Crippen molar-refractivity contribution in [2.75, 3.05) is 29.1 Å². The number of hydrogen-bond acceptors (Lipinski definition) is 4. The Morgan fingerprint density at radius 3 is 2.52 bits per heavy atom. The van der Waals surface area contributed by atoms with Gasteiger partial charge in [0.2, 0.25) is 5.91 Å². The van der Waals surface area contributed by atoms with E-state index in [1.165, 1.54) is 36.7 Å². The number of carbonyl (C=O) groups is 1. The Morgan fingerprint density at radius 1 is 1.07 bits per heavy atom. The normalized spacial score (nSPS) is 14.5. The summed E-state index contributed by atoms with van der Waals surface area (Å²) in [6.07, 6.45) is 3.85. The number of nitrogens with zero attached hydrogens (tertiary/aromatic N) is 3. The molecule has 0 unspecified atom stereocenters. The molecule has 2 heterocycles. The number of rotatable bonds is 6. The second-order valence-corrected chi connectivity index (χ2v) is 8.72. The summed E-state index contributed by atoms with van der Waals surface area (Å²) >= 11 is 1.49. The van der Waals surface area contributed by atoms with E-state index < -0.39 is 0 Å². The minimum absolute atomic E-state index is 0.0110. The maximum absolute atomic E-state index is 12.5. The van der Waals surface area contributed by atoms with Gasteiger partial charge in [-0.3, -0.25) is 4.79 Å². The second-order valence-electron chi connectivity index (χ2n) is 7.78. The predicted molar refractivity (Wildman–Crippen MR) is 122 cm³/mol. The zero-order chi connectivity index (χ0) is 20.2. The Bertz CT molecular complexity index is 974. The number of nitrogens with one attached hydrogen (secondary N) is 1. The standard InChI is InChI=1S/C23H28N4OS/c1-17(2)27-21-9-5-4-8-20(21)25-23(27)29-16-22(28)24-18-10-12-19(13-11-18)26-14-6-3-7-15-26/h4-5,8-13,17H,3,6-7,14-16H2,1-2H3,(H,24,28). The first-order chi connectivity index (χ1) is 14.1. The number of thioether (sulfide) groups is 1. The Morgan fingerprint density at radius 2 is 1.79 bits per heavy atom. The molecule has 6 heteroatoms. The van der Waals surface area contributed by atoms with Crippen LogP contribution in [-0.4, -0.2) is 34.3 Å². The fourth-order valence-corrected chi connectivity index (χ4v) is 4.80. The quantitative estimate of drug-likeness (QED) is 0.560. The molecule has 1 amide bonds. The molecule has 5 nitrogen and oxygen atoms in total. The van der Waals surface area contributed by atoms with Crippen LogP contribution in [0.15, 0.2) is 53.7 Å². The maximum Gasteiger partial charge on any atom is 0.234 e. The zero-order valence-electron chi connectivity index (χ0n) is 17.1. The van der Waals surface area contributed by atoms with Crippen molar-refractivity contribution in [3.63, 3.8) is 0 Å². The monoisotopic (exact) mass is 408 g/mol. The van der Waals surface area contributed by atoms with Gasteiger partial charge in [-0.05, 0) is 69.5 Å². The van der Waals surface area contributed by atoms with E-state index >= 15 is 0 Å². The first-order valence-corrected chi connectivity index (χ1v) is 11.3. The summed E-state index contributed by atoms with van der Waals surface area (Å²) in [4.78, 5) is 19.6. The van der Waals surface area contributed by atoms with Crippen LogP contribution in [0.25, 0.3) is 11.0 Å². The van der Waals surface area contributed by atoms with E-state index in [0.717, 1.165) is 35.0 Å². The third kappa shape index (κ3) is 4.58. The van der Waals surface area contributed by atoms with Crippen LogP contribution in [-0.2, 0) is 4.79 Å². The zero-order valence-corrected chi connectivity index (χ0v) is 17.9. The van der Waals surface area contributed by atoms with Crippen LogP contribution < -0.4 is 10.2 Å². The first-order valence-electron chi connectivity index (χ1n) is 10.4. The molecule has 0 aliphatic carbocycles. The van der Waals surface area contributed by atoms with Crippen LogP contribution >= 0.6 is 11.8 Å². The van der Waals surface area contributed by atoms with Crippen LogP contribution in [0.4, 0.5) is 11.4 Å². The number of anilines is 2. The number of benzene rings is 2. The van der Waals surface area contributed by atoms with Gasteiger partial charge in [0, 0.05) is 30.5 Å². The third-order valence-corrected chi connectivity index (χ3v) is 6.24. The maximum atomic E-state index is 12.5. The fourth-order valence-electron chi connectivity index (χ4n) is 3.86. The lowest BCUT2D eigenvalue weighted by molar-refractivity contribution is -0.113. The molecule has 2 aromatic carbocycles. The number of hydrogen-bond donors (Lipinski definition) is 1. The van der Waals surface area contributed by atoms with Gasteiger partial charge in [-0.1, -0.05) is 23.9 Å². The van der Waals surface area contributed by atoms with Gasteiger partial charge in [0.25, 0.3) is 0 Å². The molecule has 1 fully saturated rings. The molecule has 4 rings (SSSR count). The number of piperidine rings is 1. The average molecular weight is 409 g/mol. The Labute approximate surface area is 176 Å². The molecular weight excluding hydrogens is 380 g/mol. The molecule has 29 heavy (non-hydrogen) atoms. The first kappa shape index (κ1) is 19.8. The molecule has 0 atom stereocenters. The van der Waals surface area contributed by atoms with Crippen LogP contribution in [0.1, 0.15) is 39.2 Å². The van der Waals surface area contributed by atoms with Gasteiger partial charge in [-0.25, -0.2) is 4.98 Å². The van der Waals surface area contributed by atoms with E-state index in [-0.39, 0.29) is 11.9 Å². The summed E-state index contributed by atoms with van der Waals surface area (Å²) in [6, 6.07) is 16.6. The van der Waals surface area contributed by atoms with Crippen molar-refractivity contribution in [2.45, 2.75) is 44.3 Å². The average Bonchev–Trinajstić information content (AvgIpc) is 3.12. The number of aromatic nitrogens is 2. The van der Waals surface area contributed by atoms with Crippen molar-refractivity contribution in [1.29, 1.82) is 0 Å². The van der Waals surface area contributed by atoms with Crippen molar-refractivity contribution in [1.82, 2.24) is 9.55 Å². The van der Waals surface area contributed by atoms with Crippen molar-refractivity contribution in [2.24, 2.45) is 0 Å². The van der Waals surface area contributed by atoms with E-state index in [1.807, 2.05) is 30.3 Å². The summed E-state index contributed by atoms with van der Waals surface area (Å²) in [5.74, 6) is 0.326. The SMILES string of the molecule is CC(C)n1c(SCC(=O)Nc2ccc(N3CCCCC3)cc2)nc2ccccc21. The van der Waals surface area contributed by atoms with Gasteiger partial charge in [0.15, 0.2) is 5.16 Å². The van der Waals surface area contributed by atoms with Gasteiger partial charge >= 0.3 is 0 Å². The van der Waals surface area contributed by atoms with E-state index in [1.54, 1.807) is 0 Å². The van der Waals surface area contributed by atoms with Crippen molar-refractivity contribution < 1.29 is 4.79 Å². The highest BCUT2D eigenvalue weighted by atomic mass is 32.2. The second kappa shape index (κ2) is 8.91. The molecule has 1 N–H and O–H groups in total. The van der Waals surface area contributed by atoms with Crippen molar-refractivity contribution >= 4 is 40.1 Å². The fraction of sp³-hybridized carbons (Fsp3) is 0.391. The molecule has 3 aromatic rings. The number of imidazole rings is 1. The minimum Gasteiger partial charge on any atom is -0.372 e. The molecule has 1 aliphatic heterocycles. The van der Waals surface area contributed by atoms with E-state index in [2.05, 4.69) is 46.8 Å². The number of para-hydroxylation sites is 2. The van der Waals surface area contributed by atoms with Crippen LogP contribution in [0.5, 0.6) is 0 Å². The highest BCUT2D eigenvalue weighted by Crippen LogP contribution is 2.28. The van der Waals surface area contributed by atoms with Crippen molar-refractivity contribution in [3.05, 3.63) is 48.5 Å². The third-order valence-electron chi connectivity index (χ3n) is 5.28. The predicted octanol–water partition coefficient (Wildman–Crippen LogP) is 5.34. The summed E-state index contributed by atoms with van der Waals surface area (Å²) in [6.45, 7) is 6.53. The molecular formula is C23H28N4OS. The van der Waals surface area contributed by atoms with Gasteiger partial charge in [0.05, 0.1) is 16.8 Å². The molecule has 1 aliphatic rings. The lowest BCUT2D eigenvalue weighted by atomic mass is 10.1. The van der Waals surface area contributed by atoms with Crippen molar-refractivity contribution in [3.8, 4) is 0 Å². The van der Waals surface area contributed by atoms with Gasteiger partial charge in [-0.15, -0.1) is 0 Å². The molecule has 0 bridgehead atoms. The van der Waals surface area contributed by atoms with Crippen LogP contribution in [0, 0.1) is 0 Å². The minimum atomic E-state index is -0.0110. The molecule has 152 valence electrons.